The molecule has 7 heteroatoms. The Morgan fingerprint density at radius 3 is 3.14 bits per heavy atom. The number of hydrogen-bond donors (Lipinski definition) is 1. The Bertz CT molecular complexity index is 961. The first-order valence-corrected chi connectivity index (χ1v) is 7.71. The molecule has 0 radical (unpaired) electrons. The number of carbonyl (C=O) groups excluding carboxylic acids is 1. The van der Waals surface area contributed by atoms with E-state index in [-0.39, 0.29) is 12.1 Å². The smallest absolute Gasteiger partial charge is 0.324 e. The standard InChI is InChI=1S/C15H13N5OS/c1-3-4-9-7-16-14(21)20(9)15-17-13-10-8-19(2)18-11(10)5-6-12(13)22-15/h5-6,8-9H,7H2,1-2H3,(H,16,21)/t9-/m1/s1. The molecule has 2 amide bonds. The highest BCUT2D eigenvalue weighted by molar-refractivity contribution is 7.22. The minimum atomic E-state index is -0.164. The van der Waals surface area contributed by atoms with Crippen LogP contribution >= 0.6 is 11.3 Å². The fourth-order valence-corrected chi connectivity index (χ4v) is 3.73. The van der Waals surface area contributed by atoms with Gasteiger partial charge < -0.3 is 5.32 Å². The highest BCUT2D eigenvalue weighted by Gasteiger charge is 2.33. The molecule has 110 valence electrons. The second-order valence-corrected chi connectivity index (χ2v) is 6.12. The number of hydrogen-bond acceptors (Lipinski definition) is 4. The summed E-state index contributed by atoms with van der Waals surface area (Å²) in [6.07, 6.45) is 1.95. The maximum Gasteiger partial charge on any atom is 0.324 e. The van der Waals surface area contributed by atoms with Crippen LogP contribution < -0.4 is 10.2 Å². The number of fused-ring (bicyclic) bond motifs is 3. The summed E-state index contributed by atoms with van der Waals surface area (Å²) >= 11 is 1.50. The van der Waals surface area contributed by atoms with Gasteiger partial charge in [-0.2, -0.15) is 5.10 Å². The van der Waals surface area contributed by atoms with Crippen molar-refractivity contribution in [3.8, 4) is 11.8 Å². The monoisotopic (exact) mass is 311 g/mol. The van der Waals surface area contributed by atoms with Crippen LogP contribution in [0.5, 0.6) is 0 Å². The zero-order valence-electron chi connectivity index (χ0n) is 12.1. The highest BCUT2D eigenvalue weighted by atomic mass is 32.1. The van der Waals surface area contributed by atoms with Crippen LogP contribution in [0.4, 0.5) is 9.93 Å². The minimum Gasteiger partial charge on any atom is -0.334 e. The van der Waals surface area contributed by atoms with Crippen molar-refractivity contribution in [3.05, 3.63) is 18.3 Å². The molecular weight excluding hydrogens is 298 g/mol. The molecule has 0 saturated carbocycles. The van der Waals surface area contributed by atoms with Gasteiger partial charge in [0, 0.05) is 18.6 Å². The summed E-state index contributed by atoms with van der Waals surface area (Å²) < 4.78 is 2.82. The number of benzene rings is 1. The average Bonchev–Trinajstić information content (AvgIpc) is 3.14. The molecule has 2 aromatic heterocycles. The third kappa shape index (κ3) is 1.84. The van der Waals surface area contributed by atoms with E-state index in [0.29, 0.717) is 11.7 Å². The van der Waals surface area contributed by atoms with Gasteiger partial charge in [0.2, 0.25) is 0 Å². The van der Waals surface area contributed by atoms with E-state index < -0.39 is 0 Å². The first kappa shape index (κ1) is 13.1. The van der Waals surface area contributed by atoms with E-state index in [2.05, 4.69) is 27.2 Å². The quantitative estimate of drug-likeness (QED) is 0.700. The molecule has 0 unspecified atom stereocenters. The Labute approximate surface area is 130 Å². The molecule has 22 heavy (non-hydrogen) atoms. The van der Waals surface area contributed by atoms with E-state index in [1.54, 1.807) is 16.5 Å². The predicted molar refractivity (Wildman–Crippen MR) is 87.0 cm³/mol. The summed E-state index contributed by atoms with van der Waals surface area (Å²) in [7, 11) is 1.89. The highest BCUT2D eigenvalue weighted by Crippen LogP contribution is 2.34. The van der Waals surface area contributed by atoms with Gasteiger partial charge in [-0.3, -0.25) is 9.58 Å². The lowest BCUT2D eigenvalue weighted by molar-refractivity contribution is 0.252. The minimum absolute atomic E-state index is 0.144. The van der Waals surface area contributed by atoms with Crippen LogP contribution in [0, 0.1) is 11.8 Å². The number of aromatic nitrogens is 3. The number of nitrogens with one attached hydrogen (secondary N) is 1. The maximum absolute atomic E-state index is 12.1. The zero-order chi connectivity index (χ0) is 15.3. The number of aryl methyl sites for hydroxylation is 1. The second kappa shape index (κ2) is 4.71. The summed E-state index contributed by atoms with van der Waals surface area (Å²) in [6.45, 7) is 2.30. The number of rotatable bonds is 1. The fraction of sp³-hybridized carbons (Fsp3) is 0.267. The van der Waals surface area contributed by atoms with Gasteiger partial charge in [-0.05, 0) is 19.1 Å². The molecule has 1 saturated heterocycles. The summed E-state index contributed by atoms with van der Waals surface area (Å²) in [6, 6.07) is 3.67. The third-order valence-corrected chi connectivity index (χ3v) is 4.66. The molecule has 0 aliphatic carbocycles. The predicted octanol–water partition coefficient (Wildman–Crippen LogP) is 2.10. The molecule has 1 fully saturated rings. The van der Waals surface area contributed by atoms with Crippen molar-refractivity contribution >= 4 is 43.6 Å². The van der Waals surface area contributed by atoms with Gasteiger partial charge in [0.05, 0.1) is 22.3 Å². The fourth-order valence-electron chi connectivity index (χ4n) is 2.70. The number of carbonyl (C=O) groups is 1. The van der Waals surface area contributed by atoms with Gasteiger partial charge in [0.1, 0.15) is 6.04 Å². The summed E-state index contributed by atoms with van der Waals surface area (Å²) in [5.74, 6) is 5.93. The largest absolute Gasteiger partial charge is 0.334 e. The van der Waals surface area contributed by atoms with E-state index in [1.165, 1.54) is 11.3 Å². The number of urea groups is 1. The molecule has 0 bridgehead atoms. The molecule has 0 spiro atoms. The van der Waals surface area contributed by atoms with Crippen molar-refractivity contribution in [2.45, 2.75) is 13.0 Å². The van der Waals surface area contributed by atoms with Crippen molar-refractivity contribution in [2.24, 2.45) is 7.05 Å². The normalized spacial score (nSPS) is 17.8. The lowest BCUT2D eigenvalue weighted by Gasteiger charge is -2.14. The van der Waals surface area contributed by atoms with E-state index in [4.69, 9.17) is 0 Å². The van der Waals surface area contributed by atoms with Crippen LogP contribution in [0.3, 0.4) is 0 Å². The molecule has 1 aliphatic heterocycles. The Balaban J connectivity index is 1.89. The van der Waals surface area contributed by atoms with Crippen molar-refractivity contribution < 1.29 is 4.79 Å². The number of anilines is 1. The molecule has 3 aromatic rings. The molecule has 1 N–H and O–H groups in total. The Hall–Kier alpha value is -2.59. The first-order chi connectivity index (χ1) is 10.7. The first-order valence-electron chi connectivity index (χ1n) is 6.89. The van der Waals surface area contributed by atoms with Crippen molar-refractivity contribution in [1.82, 2.24) is 20.1 Å². The van der Waals surface area contributed by atoms with Gasteiger partial charge in [-0.25, -0.2) is 9.78 Å². The molecule has 1 aromatic carbocycles. The molecule has 3 heterocycles. The van der Waals surface area contributed by atoms with E-state index in [1.807, 2.05) is 25.4 Å². The van der Waals surface area contributed by atoms with Gasteiger partial charge in [-0.15, -0.1) is 5.92 Å². The number of amides is 2. The SMILES string of the molecule is CC#C[C@@H]1CNC(=O)N1c1nc2c(ccc3nn(C)cc32)s1. The Kier molecular flexibility index (Phi) is 2.81. The topological polar surface area (TPSA) is 63.1 Å². The maximum atomic E-state index is 12.1. The van der Waals surface area contributed by atoms with E-state index >= 15 is 0 Å². The van der Waals surface area contributed by atoms with Crippen LogP contribution in [0.1, 0.15) is 6.92 Å². The van der Waals surface area contributed by atoms with Gasteiger partial charge in [-0.1, -0.05) is 17.3 Å². The van der Waals surface area contributed by atoms with Crippen molar-refractivity contribution in [2.75, 3.05) is 11.4 Å². The van der Waals surface area contributed by atoms with Crippen LogP contribution in [-0.4, -0.2) is 33.4 Å². The van der Waals surface area contributed by atoms with Crippen LogP contribution in [-0.2, 0) is 7.05 Å². The van der Waals surface area contributed by atoms with Gasteiger partial charge in [0.25, 0.3) is 0 Å². The lowest BCUT2D eigenvalue weighted by Crippen LogP contribution is -2.33. The molecule has 6 nitrogen and oxygen atoms in total. The van der Waals surface area contributed by atoms with Crippen molar-refractivity contribution in [1.29, 1.82) is 0 Å². The van der Waals surface area contributed by atoms with Crippen molar-refractivity contribution in [3.63, 3.8) is 0 Å². The lowest BCUT2D eigenvalue weighted by atomic mass is 10.2. The molecule has 1 aliphatic rings. The molecule has 4 rings (SSSR count). The Morgan fingerprint density at radius 1 is 1.45 bits per heavy atom. The van der Waals surface area contributed by atoms with Gasteiger partial charge >= 0.3 is 6.03 Å². The Morgan fingerprint density at radius 2 is 2.32 bits per heavy atom. The summed E-state index contributed by atoms with van der Waals surface area (Å²) in [5, 5.41) is 8.89. The van der Waals surface area contributed by atoms with Crippen LogP contribution in [0.25, 0.3) is 21.1 Å². The number of thiazole rings is 1. The van der Waals surface area contributed by atoms with E-state index in [0.717, 1.165) is 21.1 Å². The molecular formula is C15H13N5OS. The molecule has 1 atom stereocenters. The zero-order valence-corrected chi connectivity index (χ0v) is 12.9. The average molecular weight is 311 g/mol. The van der Waals surface area contributed by atoms with E-state index in [9.17, 15) is 4.79 Å². The number of nitrogens with zero attached hydrogens (tertiary/aromatic N) is 4. The third-order valence-electron chi connectivity index (χ3n) is 3.64. The van der Waals surface area contributed by atoms with Crippen LogP contribution in [0.2, 0.25) is 0 Å². The van der Waals surface area contributed by atoms with Gasteiger partial charge in [0.15, 0.2) is 5.13 Å². The second-order valence-electron chi connectivity index (χ2n) is 5.11. The summed E-state index contributed by atoms with van der Waals surface area (Å²) in [4.78, 5) is 18.4. The van der Waals surface area contributed by atoms with Crippen LogP contribution in [0.15, 0.2) is 18.3 Å². The summed E-state index contributed by atoms with van der Waals surface area (Å²) in [5.41, 5.74) is 1.79.